The molecule has 1 aliphatic heterocycles. The first-order chi connectivity index (χ1) is 8.31. The lowest BCUT2D eigenvalue weighted by molar-refractivity contribution is 0.597. The predicted molar refractivity (Wildman–Crippen MR) is 70.3 cm³/mol. The quantitative estimate of drug-likeness (QED) is 0.875. The molecule has 0 aromatic heterocycles. The van der Waals surface area contributed by atoms with Gasteiger partial charge in [-0.15, -0.1) is 0 Å². The van der Waals surface area contributed by atoms with Crippen molar-refractivity contribution in [3.05, 3.63) is 29.3 Å². The number of anilines is 1. The van der Waals surface area contributed by atoms with E-state index in [0.717, 1.165) is 36.8 Å². The first kappa shape index (κ1) is 12.2. The van der Waals surface area contributed by atoms with E-state index in [1.54, 1.807) is 0 Å². The number of benzene rings is 1. The van der Waals surface area contributed by atoms with Crippen LogP contribution in [-0.2, 0) is 0 Å². The lowest BCUT2D eigenvalue weighted by atomic mass is 10.1. The maximum Gasteiger partial charge on any atom is 0.0643 e. The highest BCUT2D eigenvalue weighted by atomic mass is 35.5. The monoisotopic (exact) mass is 249 g/mol. The summed E-state index contributed by atoms with van der Waals surface area (Å²) in [6.07, 6.45) is 1.65. The molecule has 3 nitrogen and oxygen atoms in total. The van der Waals surface area contributed by atoms with Crippen molar-refractivity contribution < 1.29 is 0 Å². The van der Waals surface area contributed by atoms with Gasteiger partial charge in [0.2, 0.25) is 0 Å². The van der Waals surface area contributed by atoms with Crippen molar-refractivity contribution in [1.29, 1.82) is 5.26 Å². The van der Waals surface area contributed by atoms with Gasteiger partial charge in [0.15, 0.2) is 0 Å². The Labute approximate surface area is 107 Å². The summed E-state index contributed by atoms with van der Waals surface area (Å²) in [4.78, 5) is 2.31. The summed E-state index contributed by atoms with van der Waals surface area (Å²) in [6, 6.07) is 10.4. The fourth-order valence-corrected chi connectivity index (χ4v) is 2.32. The second-order valence-electron chi connectivity index (χ2n) is 4.24. The summed E-state index contributed by atoms with van der Waals surface area (Å²) < 4.78 is 0. The SMILES string of the molecule is N#CCC1CNCCCN1c1ccc(Cl)cc1. The predicted octanol–water partition coefficient (Wildman–Crippen LogP) is 2.42. The van der Waals surface area contributed by atoms with Gasteiger partial charge >= 0.3 is 0 Å². The largest absolute Gasteiger partial charge is 0.366 e. The Morgan fingerprint density at radius 2 is 2.18 bits per heavy atom. The van der Waals surface area contributed by atoms with E-state index in [0.29, 0.717) is 6.42 Å². The number of nitriles is 1. The summed E-state index contributed by atoms with van der Waals surface area (Å²) in [6.45, 7) is 2.88. The van der Waals surface area contributed by atoms with Gasteiger partial charge in [-0.3, -0.25) is 0 Å². The minimum absolute atomic E-state index is 0.253. The summed E-state index contributed by atoms with van der Waals surface area (Å²) in [5.74, 6) is 0. The summed E-state index contributed by atoms with van der Waals surface area (Å²) >= 11 is 5.90. The third-order valence-electron chi connectivity index (χ3n) is 3.06. The molecule has 1 aromatic carbocycles. The fourth-order valence-electron chi connectivity index (χ4n) is 2.20. The molecule has 0 radical (unpaired) electrons. The fraction of sp³-hybridized carbons (Fsp3) is 0.462. The normalized spacial score (nSPS) is 20.7. The molecule has 0 spiro atoms. The minimum Gasteiger partial charge on any atom is -0.366 e. The average molecular weight is 250 g/mol. The van der Waals surface area contributed by atoms with Gasteiger partial charge in [-0.2, -0.15) is 5.26 Å². The first-order valence-corrected chi connectivity index (χ1v) is 6.29. The van der Waals surface area contributed by atoms with Crippen LogP contribution < -0.4 is 10.2 Å². The number of nitrogens with zero attached hydrogens (tertiary/aromatic N) is 2. The van der Waals surface area contributed by atoms with Gasteiger partial charge in [0, 0.05) is 23.8 Å². The smallest absolute Gasteiger partial charge is 0.0643 e. The highest BCUT2D eigenvalue weighted by Crippen LogP contribution is 2.22. The summed E-state index contributed by atoms with van der Waals surface area (Å²) in [5.41, 5.74) is 1.15. The summed E-state index contributed by atoms with van der Waals surface area (Å²) in [5, 5.41) is 13.0. The van der Waals surface area contributed by atoms with E-state index in [1.807, 2.05) is 24.3 Å². The van der Waals surface area contributed by atoms with Crippen LogP contribution in [0.3, 0.4) is 0 Å². The second-order valence-corrected chi connectivity index (χ2v) is 4.68. The molecule has 1 aromatic rings. The van der Waals surface area contributed by atoms with E-state index in [-0.39, 0.29) is 6.04 Å². The topological polar surface area (TPSA) is 39.1 Å². The molecule has 0 saturated carbocycles. The van der Waals surface area contributed by atoms with Crippen molar-refractivity contribution in [3.63, 3.8) is 0 Å². The van der Waals surface area contributed by atoms with Gasteiger partial charge in [-0.05, 0) is 37.2 Å². The van der Waals surface area contributed by atoms with Crippen LogP contribution in [0.15, 0.2) is 24.3 Å². The molecule has 4 heteroatoms. The zero-order valence-corrected chi connectivity index (χ0v) is 10.5. The van der Waals surface area contributed by atoms with Crippen LogP contribution in [0.2, 0.25) is 5.02 Å². The lowest BCUT2D eigenvalue weighted by Crippen LogP contribution is -2.39. The van der Waals surface area contributed by atoms with Crippen LogP contribution in [0.5, 0.6) is 0 Å². The van der Waals surface area contributed by atoms with Crippen molar-refractivity contribution in [1.82, 2.24) is 5.32 Å². The third kappa shape index (κ3) is 3.12. The number of nitrogens with one attached hydrogen (secondary N) is 1. The van der Waals surface area contributed by atoms with Crippen LogP contribution in [0.1, 0.15) is 12.8 Å². The molecule has 2 rings (SSSR count). The molecule has 0 aliphatic carbocycles. The molecule has 1 unspecified atom stereocenters. The van der Waals surface area contributed by atoms with Gasteiger partial charge in [-0.1, -0.05) is 11.6 Å². The number of hydrogen-bond donors (Lipinski definition) is 1. The van der Waals surface area contributed by atoms with E-state index >= 15 is 0 Å². The van der Waals surface area contributed by atoms with Gasteiger partial charge in [0.25, 0.3) is 0 Å². The molecule has 17 heavy (non-hydrogen) atoms. The van der Waals surface area contributed by atoms with Crippen molar-refractivity contribution >= 4 is 17.3 Å². The molecule has 1 aliphatic rings. The van der Waals surface area contributed by atoms with E-state index < -0.39 is 0 Å². The van der Waals surface area contributed by atoms with Crippen LogP contribution in [0.25, 0.3) is 0 Å². The summed E-state index contributed by atoms with van der Waals surface area (Å²) in [7, 11) is 0. The van der Waals surface area contributed by atoms with Crippen LogP contribution >= 0.6 is 11.6 Å². The van der Waals surface area contributed by atoms with Gasteiger partial charge in [0.05, 0.1) is 18.5 Å². The maximum absolute atomic E-state index is 8.89. The molecule has 1 heterocycles. The van der Waals surface area contributed by atoms with Crippen molar-refractivity contribution in [3.8, 4) is 6.07 Å². The number of rotatable bonds is 2. The Morgan fingerprint density at radius 3 is 2.88 bits per heavy atom. The van der Waals surface area contributed by atoms with E-state index in [9.17, 15) is 0 Å². The third-order valence-corrected chi connectivity index (χ3v) is 3.31. The zero-order chi connectivity index (χ0) is 12.1. The number of hydrogen-bond acceptors (Lipinski definition) is 3. The first-order valence-electron chi connectivity index (χ1n) is 5.91. The molecular formula is C13H16ClN3. The molecule has 1 fully saturated rings. The molecule has 0 bridgehead atoms. The maximum atomic E-state index is 8.89. The Balaban J connectivity index is 2.19. The van der Waals surface area contributed by atoms with Crippen LogP contribution in [0, 0.1) is 11.3 Å². The molecule has 1 N–H and O–H groups in total. The van der Waals surface area contributed by atoms with Crippen LogP contribution in [-0.4, -0.2) is 25.7 Å². The molecule has 90 valence electrons. The van der Waals surface area contributed by atoms with Crippen molar-refractivity contribution in [2.45, 2.75) is 18.9 Å². The van der Waals surface area contributed by atoms with E-state index in [2.05, 4.69) is 16.3 Å². The minimum atomic E-state index is 0.253. The molecule has 1 atom stereocenters. The van der Waals surface area contributed by atoms with E-state index in [4.69, 9.17) is 16.9 Å². The molecular weight excluding hydrogens is 234 g/mol. The van der Waals surface area contributed by atoms with Gasteiger partial charge in [-0.25, -0.2) is 0 Å². The Morgan fingerprint density at radius 1 is 1.41 bits per heavy atom. The van der Waals surface area contributed by atoms with Crippen molar-refractivity contribution in [2.75, 3.05) is 24.5 Å². The van der Waals surface area contributed by atoms with Gasteiger partial charge < -0.3 is 10.2 Å². The highest BCUT2D eigenvalue weighted by Gasteiger charge is 2.20. The van der Waals surface area contributed by atoms with Crippen LogP contribution in [0.4, 0.5) is 5.69 Å². The lowest BCUT2D eigenvalue weighted by Gasteiger charge is -2.30. The number of halogens is 1. The molecule has 0 amide bonds. The highest BCUT2D eigenvalue weighted by molar-refractivity contribution is 6.30. The average Bonchev–Trinajstić information content (AvgIpc) is 2.56. The Bertz CT molecular complexity index is 396. The second kappa shape index (κ2) is 5.90. The molecule has 1 saturated heterocycles. The Kier molecular flexibility index (Phi) is 4.24. The standard InChI is InChI=1S/C13H16ClN3/c14-11-2-4-12(5-3-11)17-9-1-8-16-10-13(17)6-7-15/h2-5,13,16H,1,6,8-10H2. The van der Waals surface area contributed by atoms with E-state index in [1.165, 1.54) is 0 Å². The Hall–Kier alpha value is -1.24. The van der Waals surface area contributed by atoms with Crippen molar-refractivity contribution in [2.24, 2.45) is 0 Å². The van der Waals surface area contributed by atoms with Gasteiger partial charge in [0.1, 0.15) is 0 Å². The zero-order valence-electron chi connectivity index (χ0n) is 9.69.